The molecule has 0 aliphatic heterocycles. The number of benzene rings is 3. The van der Waals surface area contributed by atoms with Gasteiger partial charge in [-0.3, -0.25) is 19.4 Å². The Hall–Kier alpha value is -4.34. The van der Waals surface area contributed by atoms with Crippen LogP contribution < -0.4 is 15.8 Å². The SMILES string of the molecule is C#CCn1c(=O)c(OCc2ccc(C(=O)NO)cc2)c(-c2ccccc2)c2ccccc21. The third-order valence-electron chi connectivity index (χ3n) is 5.14. The third-order valence-corrected chi connectivity index (χ3v) is 5.14. The van der Waals surface area contributed by atoms with E-state index in [1.165, 1.54) is 4.57 Å². The fourth-order valence-electron chi connectivity index (χ4n) is 3.63. The Balaban J connectivity index is 1.82. The fourth-order valence-corrected chi connectivity index (χ4v) is 3.63. The first-order chi connectivity index (χ1) is 15.6. The zero-order valence-electron chi connectivity index (χ0n) is 17.1. The van der Waals surface area contributed by atoms with Gasteiger partial charge in [0.15, 0.2) is 5.75 Å². The average molecular weight is 424 g/mol. The second-order valence-electron chi connectivity index (χ2n) is 7.11. The molecule has 0 fully saturated rings. The maximum atomic E-state index is 13.4. The summed E-state index contributed by atoms with van der Waals surface area (Å²) in [4.78, 5) is 25.0. The molecule has 0 saturated heterocycles. The van der Waals surface area contributed by atoms with E-state index in [4.69, 9.17) is 16.4 Å². The quantitative estimate of drug-likeness (QED) is 0.279. The lowest BCUT2D eigenvalue weighted by molar-refractivity contribution is 0.0706. The molecule has 32 heavy (non-hydrogen) atoms. The van der Waals surface area contributed by atoms with E-state index in [2.05, 4.69) is 5.92 Å². The molecule has 0 aliphatic rings. The lowest BCUT2D eigenvalue weighted by Crippen LogP contribution is -2.23. The van der Waals surface area contributed by atoms with Gasteiger partial charge < -0.3 is 4.74 Å². The van der Waals surface area contributed by atoms with Crippen LogP contribution >= 0.6 is 0 Å². The van der Waals surface area contributed by atoms with Crippen LogP contribution in [0.3, 0.4) is 0 Å². The number of aromatic nitrogens is 1. The molecule has 158 valence electrons. The highest BCUT2D eigenvalue weighted by molar-refractivity contribution is 5.98. The van der Waals surface area contributed by atoms with Crippen LogP contribution in [0.15, 0.2) is 83.7 Å². The predicted octanol–water partition coefficient (Wildman–Crippen LogP) is 4.00. The topological polar surface area (TPSA) is 80.6 Å². The van der Waals surface area contributed by atoms with Crippen LogP contribution in [0.1, 0.15) is 15.9 Å². The third kappa shape index (κ3) is 3.97. The number of pyridine rings is 1. The number of nitrogens with one attached hydrogen (secondary N) is 1. The molecule has 1 aromatic heterocycles. The van der Waals surface area contributed by atoms with Gasteiger partial charge in [0.05, 0.1) is 12.1 Å². The summed E-state index contributed by atoms with van der Waals surface area (Å²) >= 11 is 0. The minimum absolute atomic E-state index is 0.116. The number of fused-ring (bicyclic) bond motifs is 1. The summed E-state index contributed by atoms with van der Waals surface area (Å²) < 4.78 is 7.61. The maximum absolute atomic E-state index is 13.4. The number of para-hydroxylation sites is 1. The van der Waals surface area contributed by atoms with Crippen LogP contribution in [-0.2, 0) is 13.2 Å². The average Bonchev–Trinajstić information content (AvgIpc) is 2.85. The van der Waals surface area contributed by atoms with Crippen LogP contribution in [0.25, 0.3) is 22.0 Å². The van der Waals surface area contributed by atoms with Crippen molar-refractivity contribution in [3.8, 4) is 29.2 Å². The van der Waals surface area contributed by atoms with Crippen molar-refractivity contribution >= 4 is 16.8 Å². The van der Waals surface area contributed by atoms with Crippen LogP contribution in [-0.4, -0.2) is 15.7 Å². The molecule has 0 unspecified atom stereocenters. The highest BCUT2D eigenvalue weighted by Gasteiger charge is 2.19. The minimum Gasteiger partial charge on any atom is -0.483 e. The molecular formula is C26H20N2O4. The number of hydroxylamine groups is 1. The van der Waals surface area contributed by atoms with Gasteiger partial charge >= 0.3 is 0 Å². The van der Waals surface area contributed by atoms with Crippen LogP contribution in [0.5, 0.6) is 5.75 Å². The van der Waals surface area contributed by atoms with Crippen molar-refractivity contribution < 1.29 is 14.7 Å². The van der Waals surface area contributed by atoms with E-state index < -0.39 is 5.91 Å². The molecule has 6 nitrogen and oxygen atoms in total. The zero-order valence-corrected chi connectivity index (χ0v) is 17.1. The summed E-state index contributed by atoms with van der Waals surface area (Å²) in [5, 5.41) is 9.62. The number of ether oxygens (including phenoxy) is 1. The Morgan fingerprint density at radius 2 is 1.69 bits per heavy atom. The summed E-state index contributed by atoms with van der Waals surface area (Å²) in [5.74, 6) is 2.16. The first-order valence-corrected chi connectivity index (χ1v) is 9.94. The molecule has 0 spiro atoms. The standard InChI is InChI=1S/C26H20N2O4/c1-2-16-28-22-11-7-6-10-21(22)23(19-8-4-3-5-9-19)24(26(28)30)32-17-18-12-14-20(15-13-18)25(29)27-31/h1,3-15,31H,16-17H2,(H,27,29). The van der Waals surface area contributed by atoms with Gasteiger partial charge in [-0.05, 0) is 29.3 Å². The highest BCUT2D eigenvalue weighted by atomic mass is 16.5. The monoisotopic (exact) mass is 424 g/mol. The van der Waals surface area contributed by atoms with E-state index >= 15 is 0 Å². The summed E-state index contributed by atoms with van der Waals surface area (Å²) in [7, 11) is 0. The number of carbonyl (C=O) groups excluding carboxylic acids is 1. The number of hydrogen-bond donors (Lipinski definition) is 2. The van der Waals surface area contributed by atoms with Crippen LogP contribution in [0.2, 0.25) is 0 Å². The van der Waals surface area contributed by atoms with Crippen molar-refractivity contribution in [1.82, 2.24) is 10.0 Å². The van der Waals surface area contributed by atoms with Crippen molar-refractivity contribution in [2.45, 2.75) is 13.2 Å². The summed E-state index contributed by atoms with van der Waals surface area (Å²) in [6, 6.07) is 23.7. The molecule has 0 saturated carbocycles. The van der Waals surface area contributed by atoms with Gasteiger partial charge in [0.1, 0.15) is 6.61 Å². The van der Waals surface area contributed by atoms with Gasteiger partial charge in [0.2, 0.25) is 0 Å². The Morgan fingerprint density at radius 1 is 1.00 bits per heavy atom. The Morgan fingerprint density at radius 3 is 2.38 bits per heavy atom. The number of rotatable bonds is 6. The first kappa shape index (κ1) is 20.9. The van der Waals surface area contributed by atoms with Crippen molar-refractivity contribution in [3.63, 3.8) is 0 Å². The second kappa shape index (κ2) is 9.21. The molecule has 1 heterocycles. The molecular weight excluding hydrogens is 404 g/mol. The van der Waals surface area contributed by atoms with Gasteiger partial charge in [-0.1, -0.05) is 66.6 Å². The molecule has 1 amide bonds. The van der Waals surface area contributed by atoms with E-state index in [1.807, 2.05) is 54.6 Å². The Kier molecular flexibility index (Phi) is 6.02. The fraction of sp³-hybridized carbons (Fsp3) is 0.0769. The van der Waals surface area contributed by atoms with Gasteiger partial charge in [-0.2, -0.15) is 0 Å². The van der Waals surface area contributed by atoms with Crippen molar-refractivity contribution in [1.29, 1.82) is 0 Å². The predicted molar refractivity (Wildman–Crippen MR) is 123 cm³/mol. The van der Waals surface area contributed by atoms with Crippen molar-refractivity contribution in [3.05, 3.63) is 100 Å². The molecule has 0 atom stereocenters. The number of carbonyl (C=O) groups is 1. The lowest BCUT2D eigenvalue weighted by atomic mass is 9.99. The first-order valence-electron chi connectivity index (χ1n) is 9.94. The highest BCUT2D eigenvalue weighted by Crippen LogP contribution is 2.35. The van der Waals surface area contributed by atoms with Gasteiger partial charge in [-0.15, -0.1) is 6.42 Å². The minimum atomic E-state index is -0.601. The molecule has 0 radical (unpaired) electrons. The maximum Gasteiger partial charge on any atom is 0.294 e. The number of nitrogens with zero attached hydrogens (tertiary/aromatic N) is 1. The van der Waals surface area contributed by atoms with Gasteiger partial charge in [-0.25, -0.2) is 5.48 Å². The number of terminal acetylenes is 1. The van der Waals surface area contributed by atoms with Crippen molar-refractivity contribution in [2.75, 3.05) is 0 Å². The van der Waals surface area contributed by atoms with E-state index in [0.717, 1.165) is 22.0 Å². The lowest BCUT2D eigenvalue weighted by Gasteiger charge is -2.17. The van der Waals surface area contributed by atoms with Gasteiger partial charge in [0.25, 0.3) is 11.5 Å². The Bertz CT molecular complexity index is 1370. The van der Waals surface area contributed by atoms with Crippen LogP contribution in [0, 0.1) is 12.3 Å². The smallest absolute Gasteiger partial charge is 0.294 e. The summed E-state index contributed by atoms with van der Waals surface area (Å²) in [6.07, 6.45) is 5.53. The summed E-state index contributed by atoms with van der Waals surface area (Å²) in [6.45, 7) is 0.236. The molecule has 4 aromatic rings. The number of amides is 1. The van der Waals surface area contributed by atoms with E-state index in [9.17, 15) is 9.59 Å². The van der Waals surface area contributed by atoms with E-state index in [-0.39, 0.29) is 24.5 Å². The normalized spacial score (nSPS) is 10.5. The number of hydrogen-bond acceptors (Lipinski definition) is 4. The molecule has 3 aromatic carbocycles. The van der Waals surface area contributed by atoms with E-state index in [0.29, 0.717) is 11.1 Å². The molecule has 0 aliphatic carbocycles. The molecule has 4 rings (SSSR count). The molecule has 6 heteroatoms. The molecule has 2 N–H and O–H groups in total. The molecule has 0 bridgehead atoms. The van der Waals surface area contributed by atoms with Crippen molar-refractivity contribution in [2.24, 2.45) is 0 Å². The second-order valence-corrected chi connectivity index (χ2v) is 7.11. The Labute approximate surface area is 184 Å². The zero-order chi connectivity index (χ0) is 22.5. The van der Waals surface area contributed by atoms with Gasteiger partial charge in [0, 0.05) is 16.5 Å². The largest absolute Gasteiger partial charge is 0.483 e. The van der Waals surface area contributed by atoms with E-state index in [1.54, 1.807) is 29.7 Å². The summed E-state index contributed by atoms with van der Waals surface area (Å²) in [5.41, 5.74) is 4.66. The van der Waals surface area contributed by atoms with Crippen LogP contribution in [0.4, 0.5) is 0 Å².